The molecule has 1 fully saturated rings. The third-order valence-corrected chi connectivity index (χ3v) is 5.91. The fourth-order valence-corrected chi connectivity index (χ4v) is 4.17. The molecular weight excluding hydrogens is 424 g/mol. The van der Waals surface area contributed by atoms with Crippen LogP contribution in [0.2, 0.25) is 5.02 Å². The lowest BCUT2D eigenvalue weighted by Crippen LogP contribution is -2.14. The van der Waals surface area contributed by atoms with Gasteiger partial charge in [0.15, 0.2) is 5.65 Å². The number of hydrogen-bond acceptors (Lipinski definition) is 4. The number of anilines is 1. The predicted molar refractivity (Wildman–Crippen MR) is 125 cm³/mol. The number of benzene rings is 1. The highest BCUT2D eigenvalue weighted by molar-refractivity contribution is 6.30. The fraction of sp³-hybridized carbons (Fsp3) is 0.333. The molecule has 1 amide bonds. The molecular formula is C24H25ClN6O. The van der Waals surface area contributed by atoms with Crippen LogP contribution in [0.4, 0.5) is 5.69 Å². The second-order valence-electron chi connectivity index (χ2n) is 8.70. The molecule has 1 N–H and O–H groups in total. The van der Waals surface area contributed by atoms with E-state index in [-0.39, 0.29) is 11.9 Å². The molecule has 3 aromatic heterocycles. The lowest BCUT2D eigenvalue weighted by atomic mass is 10.1. The summed E-state index contributed by atoms with van der Waals surface area (Å²) in [5, 5.41) is 13.4. The van der Waals surface area contributed by atoms with E-state index in [4.69, 9.17) is 16.6 Å². The quantitative estimate of drug-likeness (QED) is 0.431. The summed E-state index contributed by atoms with van der Waals surface area (Å²) in [6.07, 6.45) is 5.62. The molecule has 1 saturated carbocycles. The Kier molecular flexibility index (Phi) is 5.21. The van der Waals surface area contributed by atoms with Crippen molar-refractivity contribution in [1.82, 2.24) is 24.5 Å². The molecule has 0 radical (unpaired) electrons. The topological polar surface area (TPSA) is 77.6 Å². The van der Waals surface area contributed by atoms with E-state index < -0.39 is 0 Å². The predicted octanol–water partition coefficient (Wildman–Crippen LogP) is 5.35. The van der Waals surface area contributed by atoms with Crippen LogP contribution in [0.5, 0.6) is 0 Å². The SMILES string of the molecule is Cc1nn(C(C)C)c2nc(C3CC3)cc(C(=O)Nc3cccc(Cn4cc(Cl)cn4)c3)c12. The molecule has 5 rings (SSSR count). The number of pyridine rings is 1. The van der Waals surface area contributed by atoms with E-state index in [1.54, 1.807) is 17.1 Å². The molecule has 32 heavy (non-hydrogen) atoms. The van der Waals surface area contributed by atoms with Gasteiger partial charge in [-0.1, -0.05) is 23.7 Å². The largest absolute Gasteiger partial charge is 0.322 e. The normalized spacial score (nSPS) is 13.8. The summed E-state index contributed by atoms with van der Waals surface area (Å²) in [6.45, 7) is 6.67. The zero-order chi connectivity index (χ0) is 22.4. The van der Waals surface area contributed by atoms with Crippen LogP contribution < -0.4 is 5.32 Å². The van der Waals surface area contributed by atoms with Gasteiger partial charge < -0.3 is 5.32 Å². The van der Waals surface area contributed by atoms with Gasteiger partial charge in [-0.15, -0.1) is 0 Å². The average Bonchev–Trinajstić information content (AvgIpc) is 3.45. The van der Waals surface area contributed by atoms with E-state index in [0.29, 0.717) is 23.0 Å². The average molecular weight is 449 g/mol. The van der Waals surface area contributed by atoms with Gasteiger partial charge in [0.1, 0.15) is 0 Å². The Bertz CT molecular complexity index is 1320. The van der Waals surface area contributed by atoms with Crippen molar-refractivity contribution in [2.24, 2.45) is 0 Å². The van der Waals surface area contributed by atoms with Gasteiger partial charge in [0.2, 0.25) is 0 Å². The van der Waals surface area contributed by atoms with Gasteiger partial charge in [0.05, 0.1) is 34.4 Å². The van der Waals surface area contributed by atoms with Crippen molar-refractivity contribution in [1.29, 1.82) is 0 Å². The lowest BCUT2D eigenvalue weighted by Gasteiger charge is -2.11. The maximum atomic E-state index is 13.4. The molecule has 164 valence electrons. The fourth-order valence-electron chi connectivity index (χ4n) is 4.02. The molecule has 4 aromatic rings. The van der Waals surface area contributed by atoms with Crippen LogP contribution in [0, 0.1) is 6.92 Å². The number of nitrogens with one attached hydrogen (secondary N) is 1. The number of aryl methyl sites for hydroxylation is 1. The van der Waals surface area contributed by atoms with Crippen LogP contribution >= 0.6 is 11.6 Å². The Labute approximate surface area is 191 Å². The van der Waals surface area contributed by atoms with Crippen molar-refractivity contribution in [2.45, 2.75) is 52.1 Å². The highest BCUT2D eigenvalue weighted by atomic mass is 35.5. The number of nitrogens with zero attached hydrogens (tertiary/aromatic N) is 5. The summed E-state index contributed by atoms with van der Waals surface area (Å²) in [5.41, 5.74) is 4.97. The van der Waals surface area contributed by atoms with Gasteiger partial charge in [-0.3, -0.25) is 9.48 Å². The van der Waals surface area contributed by atoms with E-state index in [1.807, 2.05) is 41.9 Å². The second-order valence-corrected chi connectivity index (χ2v) is 9.14. The van der Waals surface area contributed by atoms with Gasteiger partial charge in [-0.2, -0.15) is 10.2 Å². The van der Waals surface area contributed by atoms with Crippen molar-refractivity contribution in [3.05, 3.63) is 70.3 Å². The molecule has 1 aliphatic rings. The van der Waals surface area contributed by atoms with Crippen molar-refractivity contribution in [3.63, 3.8) is 0 Å². The number of aromatic nitrogens is 5. The van der Waals surface area contributed by atoms with Crippen LogP contribution in [0.25, 0.3) is 11.0 Å². The minimum absolute atomic E-state index is 0.148. The number of hydrogen-bond donors (Lipinski definition) is 1. The molecule has 8 heteroatoms. The number of amides is 1. The zero-order valence-corrected chi connectivity index (χ0v) is 19.1. The third kappa shape index (κ3) is 4.00. The first-order chi connectivity index (χ1) is 15.4. The molecule has 0 aliphatic heterocycles. The number of carbonyl (C=O) groups excluding carboxylic acids is 1. The Balaban J connectivity index is 1.48. The highest BCUT2D eigenvalue weighted by Gasteiger charge is 2.29. The van der Waals surface area contributed by atoms with Crippen molar-refractivity contribution >= 4 is 34.2 Å². The highest BCUT2D eigenvalue weighted by Crippen LogP contribution is 2.40. The van der Waals surface area contributed by atoms with Crippen LogP contribution in [-0.4, -0.2) is 30.5 Å². The maximum Gasteiger partial charge on any atom is 0.256 e. The molecule has 0 unspecified atom stereocenters. The summed E-state index contributed by atoms with van der Waals surface area (Å²) in [4.78, 5) is 18.3. The first-order valence-electron chi connectivity index (χ1n) is 10.9. The zero-order valence-electron chi connectivity index (χ0n) is 18.3. The molecule has 3 heterocycles. The van der Waals surface area contributed by atoms with Gasteiger partial charge >= 0.3 is 0 Å². The Morgan fingerprint density at radius 2 is 2.09 bits per heavy atom. The summed E-state index contributed by atoms with van der Waals surface area (Å²) < 4.78 is 3.68. The molecule has 0 spiro atoms. The van der Waals surface area contributed by atoms with Crippen molar-refractivity contribution in [3.8, 4) is 0 Å². The summed E-state index contributed by atoms with van der Waals surface area (Å²) >= 11 is 5.96. The van der Waals surface area contributed by atoms with Crippen LogP contribution in [0.3, 0.4) is 0 Å². The molecule has 7 nitrogen and oxygen atoms in total. The molecule has 1 aliphatic carbocycles. The number of halogens is 1. The molecule has 0 atom stereocenters. The first kappa shape index (κ1) is 20.7. The van der Waals surface area contributed by atoms with Crippen LogP contribution in [0.1, 0.15) is 66.0 Å². The Hall–Kier alpha value is -3.19. The Morgan fingerprint density at radius 3 is 2.78 bits per heavy atom. The standard InChI is InChI=1S/C24H25ClN6O/c1-14(2)31-23-22(15(3)29-31)20(10-21(28-23)17-7-8-17)24(32)27-19-6-4-5-16(9-19)12-30-13-18(25)11-26-30/h4-6,9-11,13-14,17H,7-8,12H2,1-3H3,(H,27,32). The number of carbonyl (C=O) groups is 1. The molecule has 1 aromatic carbocycles. The van der Waals surface area contributed by atoms with Crippen LogP contribution in [-0.2, 0) is 6.54 Å². The van der Waals surface area contributed by atoms with Crippen molar-refractivity contribution < 1.29 is 4.79 Å². The first-order valence-corrected chi connectivity index (χ1v) is 11.2. The summed E-state index contributed by atoms with van der Waals surface area (Å²) in [7, 11) is 0. The lowest BCUT2D eigenvalue weighted by molar-refractivity contribution is 0.102. The minimum atomic E-state index is -0.148. The minimum Gasteiger partial charge on any atom is -0.322 e. The van der Waals surface area contributed by atoms with Crippen molar-refractivity contribution in [2.75, 3.05) is 5.32 Å². The summed E-state index contributed by atoms with van der Waals surface area (Å²) in [6, 6.07) is 9.88. The van der Waals surface area contributed by atoms with E-state index in [0.717, 1.165) is 46.5 Å². The van der Waals surface area contributed by atoms with Gasteiger partial charge in [0, 0.05) is 29.5 Å². The van der Waals surface area contributed by atoms with Gasteiger partial charge in [-0.05, 0) is 57.4 Å². The molecule has 0 saturated heterocycles. The number of fused-ring (bicyclic) bond motifs is 1. The monoisotopic (exact) mass is 448 g/mol. The maximum absolute atomic E-state index is 13.4. The number of rotatable bonds is 6. The smallest absolute Gasteiger partial charge is 0.256 e. The second kappa shape index (κ2) is 8.06. The van der Waals surface area contributed by atoms with E-state index in [1.165, 1.54) is 0 Å². The molecule has 0 bridgehead atoms. The van der Waals surface area contributed by atoms with E-state index in [2.05, 4.69) is 29.4 Å². The van der Waals surface area contributed by atoms with E-state index >= 15 is 0 Å². The van der Waals surface area contributed by atoms with Crippen LogP contribution in [0.15, 0.2) is 42.7 Å². The summed E-state index contributed by atoms with van der Waals surface area (Å²) in [5.74, 6) is 0.288. The Morgan fingerprint density at radius 1 is 1.28 bits per heavy atom. The van der Waals surface area contributed by atoms with E-state index in [9.17, 15) is 4.79 Å². The van der Waals surface area contributed by atoms with Gasteiger partial charge in [0.25, 0.3) is 5.91 Å². The van der Waals surface area contributed by atoms with Gasteiger partial charge in [-0.25, -0.2) is 9.67 Å². The third-order valence-electron chi connectivity index (χ3n) is 5.72.